The van der Waals surface area contributed by atoms with Crippen molar-refractivity contribution in [3.05, 3.63) is 18.2 Å². The molecule has 4 nitrogen and oxygen atoms in total. The molecule has 65 valence electrons. The van der Waals surface area contributed by atoms with Crippen molar-refractivity contribution in [1.29, 1.82) is 0 Å². The molecule has 0 aliphatic heterocycles. The van der Waals surface area contributed by atoms with Crippen LogP contribution in [0.3, 0.4) is 0 Å². The number of aryl methyl sites for hydroxylation is 2. The van der Waals surface area contributed by atoms with Crippen molar-refractivity contribution in [3.8, 4) is 0 Å². The topological polar surface area (TPSA) is 46.9 Å². The molecule has 12 heavy (non-hydrogen) atoms. The van der Waals surface area contributed by atoms with E-state index < -0.39 is 0 Å². The Balaban J connectivity index is 2.43. The van der Waals surface area contributed by atoms with Crippen LogP contribution in [0.15, 0.2) is 6.20 Å². The summed E-state index contributed by atoms with van der Waals surface area (Å²) in [6.07, 6.45) is 4.96. The maximum Gasteiger partial charge on any atom is 0.221 e. The summed E-state index contributed by atoms with van der Waals surface area (Å²) in [7, 11) is 1.63. The predicted octanol–water partition coefficient (Wildman–Crippen LogP) is 0.128. The fourth-order valence-corrected chi connectivity index (χ4v) is 0.923. The summed E-state index contributed by atoms with van der Waals surface area (Å²) in [6, 6.07) is 0. The van der Waals surface area contributed by atoms with Gasteiger partial charge in [0.1, 0.15) is 12.0 Å². The van der Waals surface area contributed by atoms with E-state index in [0.29, 0.717) is 13.0 Å². The van der Waals surface area contributed by atoms with E-state index >= 15 is 0 Å². The molecule has 1 aromatic heterocycles. The molecule has 0 atom stereocenters. The molecule has 0 unspecified atom stereocenters. The molecule has 0 fully saturated rings. The zero-order chi connectivity index (χ0) is 8.97. The van der Waals surface area contributed by atoms with Gasteiger partial charge in [-0.3, -0.25) is 4.79 Å². The second-order valence-corrected chi connectivity index (χ2v) is 2.53. The number of imidazole rings is 1. The highest BCUT2D eigenvalue weighted by Crippen LogP contribution is 1.96. The maximum atomic E-state index is 10.9. The molecule has 0 saturated heterocycles. The van der Waals surface area contributed by atoms with Crippen molar-refractivity contribution in [2.45, 2.75) is 19.9 Å². The summed E-state index contributed by atoms with van der Waals surface area (Å²) in [6.45, 7) is 2.56. The van der Waals surface area contributed by atoms with E-state index in [0.717, 1.165) is 5.82 Å². The number of hydrogen-bond acceptors (Lipinski definition) is 2. The average molecular weight is 166 g/mol. The Morgan fingerprint density at radius 3 is 3.08 bits per heavy atom. The van der Waals surface area contributed by atoms with E-state index in [1.54, 1.807) is 13.2 Å². The summed E-state index contributed by atoms with van der Waals surface area (Å²) in [5.41, 5.74) is 0. The van der Waals surface area contributed by atoms with Crippen LogP contribution in [0.25, 0.3) is 0 Å². The Bertz CT molecular complexity index is 267. The first-order valence-electron chi connectivity index (χ1n) is 3.84. The van der Waals surface area contributed by atoms with Crippen LogP contribution in [0.4, 0.5) is 0 Å². The molecule has 1 amide bonds. The molecule has 1 heterocycles. The quantitative estimate of drug-likeness (QED) is 0.693. The molecule has 1 rings (SSSR count). The Kier molecular flexibility index (Phi) is 2.85. The SMILES string of the molecule is CNC(=O)CCn1c[c]nc1C. The number of aromatic nitrogens is 2. The van der Waals surface area contributed by atoms with Crippen LogP contribution in [0, 0.1) is 13.1 Å². The van der Waals surface area contributed by atoms with Crippen LogP contribution in [0.1, 0.15) is 12.2 Å². The first kappa shape index (κ1) is 8.77. The number of carbonyl (C=O) groups excluding carboxylic acids is 1. The van der Waals surface area contributed by atoms with Gasteiger partial charge in [0.2, 0.25) is 5.91 Å². The average Bonchev–Trinajstić information content (AvgIpc) is 2.47. The van der Waals surface area contributed by atoms with E-state index in [2.05, 4.69) is 16.5 Å². The Hall–Kier alpha value is -1.32. The number of rotatable bonds is 3. The third kappa shape index (κ3) is 2.08. The van der Waals surface area contributed by atoms with E-state index in [1.807, 2.05) is 11.5 Å². The van der Waals surface area contributed by atoms with E-state index in [9.17, 15) is 4.79 Å². The summed E-state index contributed by atoms with van der Waals surface area (Å²) < 4.78 is 1.90. The van der Waals surface area contributed by atoms with Crippen LogP contribution in [0.5, 0.6) is 0 Å². The normalized spacial score (nSPS) is 9.83. The van der Waals surface area contributed by atoms with Crippen LogP contribution in [0.2, 0.25) is 0 Å². The van der Waals surface area contributed by atoms with Gasteiger partial charge in [0, 0.05) is 26.2 Å². The van der Waals surface area contributed by atoms with Crippen molar-refractivity contribution in [2.75, 3.05) is 7.05 Å². The zero-order valence-corrected chi connectivity index (χ0v) is 7.29. The smallest absolute Gasteiger partial charge is 0.221 e. The molecule has 4 heteroatoms. The van der Waals surface area contributed by atoms with Gasteiger partial charge in [0.25, 0.3) is 0 Å². The summed E-state index contributed by atoms with van der Waals surface area (Å²) in [5, 5.41) is 2.56. The molecule has 0 bridgehead atoms. The predicted molar refractivity (Wildman–Crippen MR) is 44.5 cm³/mol. The molecule has 1 aromatic rings. The van der Waals surface area contributed by atoms with Crippen molar-refractivity contribution >= 4 is 5.91 Å². The van der Waals surface area contributed by atoms with Gasteiger partial charge in [-0.05, 0) is 6.92 Å². The monoisotopic (exact) mass is 166 g/mol. The van der Waals surface area contributed by atoms with Crippen LogP contribution in [-0.4, -0.2) is 22.5 Å². The maximum absolute atomic E-state index is 10.9. The van der Waals surface area contributed by atoms with Gasteiger partial charge in [0.05, 0.1) is 0 Å². The Labute approximate surface area is 71.6 Å². The summed E-state index contributed by atoms with van der Waals surface area (Å²) in [5.74, 6) is 0.932. The van der Waals surface area contributed by atoms with Gasteiger partial charge in [-0.2, -0.15) is 0 Å². The summed E-state index contributed by atoms with van der Waals surface area (Å²) in [4.78, 5) is 14.8. The van der Waals surface area contributed by atoms with Crippen LogP contribution >= 0.6 is 0 Å². The second kappa shape index (κ2) is 3.90. The minimum atomic E-state index is 0.0445. The fourth-order valence-electron chi connectivity index (χ4n) is 0.923. The lowest BCUT2D eigenvalue weighted by Crippen LogP contribution is -2.19. The first-order chi connectivity index (χ1) is 5.74. The molecule has 1 N–H and O–H groups in total. The number of hydrogen-bond donors (Lipinski definition) is 1. The molecule has 0 saturated carbocycles. The molecule has 0 aromatic carbocycles. The molecule has 0 aliphatic carbocycles. The van der Waals surface area contributed by atoms with Crippen molar-refractivity contribution in [2.24, 2.45) is 0 Å². The highest BCUT2D eigenvalue weighted by Gasteiger charge is 2.00. The van der Waals surface area contributed by atoms with Crippen LogP contribution < -0.4 is 5.32 Å². The van der Waals surface area contributed by atoms with Gasteiger partial charge >= 0.3 is 0 Å². The van der Waals surface area contributed by atoms with Gasteiger partial charge in [-0.1, -0.05) is 0 Å². The lowest BCUT2D eigenvalue weighted by atomic mass is 10.4. The molecule has 1 radical (unpaired) electrons. The highest BCUT2D eigenvalue weighted by molar-refractivity contribution is 5.75. The third-order valence-corrected chi connectivity index (χ3v) is 1.71. The van der Waals surface area contributed by atoms with Gasteiger partial charge in [0.15, 0.2) is 0 Å². The lowest BCUT2D eigenvalue weighted by molar-refractivity contribution is -0.120. The minimum absolute atomic E-state index is 0.0445. The van der Waals surface area contributed by atoms with Crippen molar-refractivity contribution in [1.82, 2.24) is 14.9 Å². The molecular formula is C8H12N3O. The fraction of sp³-hybridized carbons (Fsp3) is 0.500. The zero-order valence-electron chi connectivity index (χ0n) is 7.29. The second-order valence-electron chi connectivity index (χ2n) is 2.53. The Morgan fingerprint density at radius 1 is 1.83 bits per heavy atom. The highest BCUT2D eigenvalue weighted by atomic mass is 16.1. The number of nitrogens with one attached hydrogen (secondary N) is 1. The van der Waals surface area contributed by atoms with Crippen molar-refractivity contribution < 1.29 is 4.79 Å². The molecule has 0 spiro atoms. The van der Waals surface area contributed by atoms with E-state index in [1.165, 1.54) is 0 Å². The lowest BCUT2D eigenvalue weighted by Gasteiger charge is -2.02. The largest absolute Gasteiger partial charge is 0.359 e. The minimum Gasteiger partial charge on any atom is -0.359 e. The van der Waals surface area contributed by atoms with E-state index in [-0.39, 0.29) is 5.91 Å². The van der Waals surface area contributed by atoms with E-state index in [4.69, 9.17) is 0 Å². The van der Waals surface area contributed by atoms with Gasteiger partial charge in [-0.25, -0.2) is 4.98 Å². The van der Waals surface area contributed by atoms with Gasteiger partial charge < -0.3 is 9.88 Å². The summed E-state index contributed by atoms with van der Waals surface area (Å²) >= 11 is 0. The molecular weight excluding hydrogens is 154 g/mol. The third-order valence-electron chi connectivity index (χ3n) is 1.71. The van der Waals surface area contributed by atoms with Crippen molar-refractivity contribution in [3.63, 3.8) is 0 Å². The number of nitrogens with zero attached hydrogens (tertiary/aromatic N) is 2. The number of amides is 1. The Morgan fingerprint density at radius 2 is 2.58 bits per heavy atom. The standard InChI is InChI=1S/C8H12N3O/c1-7-10-4-6-11(7)5-3-8(12)9-2/h6H,3,5H2,1-2H3,(H,9,12). The van der Waals surface area contributed by atoms with Gasteiger partial charge in [-0.15, -0.1) is 0 Å². The first-order valence-corrected chi connectivity index (χ1v) is 3.84. The molecule has 0 aliphatic rings. The van der Waals surface area contributed by atoms with Crippen LogP contribution in [-0.2, 0) is 11.3 Å². The number of carbonyl (C=O) groups is 1.